The number of imidazole rings is 1. The first-order valence-corrected chi connectivity index (χ1v) is 7.40. The molecule has 0 bridgehead atoms. The lowest BCUT2D eigenvalue weighted by Gasteiger charge is -2.04. The summed E-state index contributed by atoms with van der Waals surface area (Å²) in [7, 11) is 1.83. The van der Waals surface area contributed by atoms with Gasteiger partial charge in [-0.3, -0.25) is 4.68 Å². The van der Waals surface area contributed by atoms with Crippen LogP contribution in [0.5, 0.6) is 0 Å². The maximum absolute atomic E-state index is 13.2. The molecule has 4 aromatic rings. The minimum atomic E-state index is -0.289. The van der Waals surface area contributed by atoms with E-state index < -0.39 is 0 Å². The lowest BCUT2D eigenvalue weighted by atomic mass is 10.0. The SMILES string of the molecule is Cn1cc(-c2ccnn3cc(CO)nc23)c(-c2ccc(F)cc2)n1. The van der Waals surface area contributed by atoms with Crippen LogP contribution in [0.2, 0.25) is 0 Å². The minimum Gasteiger partial charge on any atom is -0.390 e. The summed E-state index contributed by atoms with van der Waals surface area (Å²) in [6.45, 7) is -0.152. The standard InChI is InChI=1S/C17H14FN5O/c1-22-9-15(16(21-22)11-2-4-12(18)5-3-11)14-6-7-19-23-8-13(10-24)20-17(14)23/h2-9,24H,10H2,1H3. The van der Waals surface area contributed by atoms with Crippen LogP contribution in [-0.4, -0.2) is 29.5 Å². The Hall–Kier alpha value is -3.06. The summed E-state index contributed by atoms with van der Waals surface area (Å²) in [6, 6.07) is 8.08. The Labute approximate surface area is 136 Å². The third kappa shape index (κ3) is 2.35. The Morgan fingerprint density at radius 1 is 1.08 bits per heavy atom. The summed E-state index contributed by atoms with van der Waals surface area (Å²) < 4.78 is 16.5. The van der Waals surface area contributed by atoms with Gasteiger partial charge >= 0.3 is 0 Å². The van der Waals surface area contributed by atoms with Gasteiger partial charge in [-0.2, -0.15) is 10.2 Å². The fourth-order valence-corrected chi connectivity index (χ4v) is 2.74. The van der Waals surface area contributed by atoms with Gasteiger partial charge in [-0.1, -0.05) is 0 Å². The molecule has 0 atom stereocenters. The van der Waals surface area contributed by atoms with Crippen LogP contribution in [0.1, 0.15) is 5.69 Å². The number of aliphatic hydroxyl groups is 1. The lowest BCUT2D eigenvalue weighted by molar-refractivity contribution is 0.277. The Morgan fingerprint density at radius 2 is 1.88 bits per heavy atom. The van der Waals surface area contributed by atoms with Crippen LogP contribution in [0.3, 0.4) is 0 Å². The first kappa shape index (κ1) is 14.5. The van der Waals surface area contributed by atoms with Gasteiger partial charge in [-0.25, -0.2) is 13.9 Å². The summed E-state index contributed by atoms with van der Waals surface area (Å²) in [4.78, 5) is 4.42. The third-order valence-electron chi connectivity index (χ3n) is 3.81. The van der Waals surface area contributed by atoms with Gasteiger partial charge in [0.05, 0.1) is 18.5 Å². The molecule has 4 rings (SSSR count). The maximum atomic E-state index is 13.2. The molecule has 0 saturated heterocycles. The van der Waals surface area contributed by atoms with E-state index in [4.69, 9.17) is 0 Å². The van der Waals surface area contributed by atoms with Gasteiger partial charge in [0.1, 0.15) is 11.5 Å². The number of benzene rings is 1. The third-order valence-corrected chi connectivity index (χ3v) is 3.81. The van der Waals surface area contributed by atoms with Crippen molar-refractivity contribution in [2.45, 2.75) is 6.61 Å². The molecule has 0 unspecified atom stereocenters. The van der Waals surface area contributed by atoms with E-state index in [0.29, 0.717) is 11.3 Å². The van der Waals surface area contributed by atoms with E-state index in [1.807, 2.05) is 19.3 Å². The van der Waals surface area contributed by atoms with Crippen molar-refractivity contribution in [2.75, 3.05) is 0 Å². The molecular weight excluding hydrogens is 309 g/mol. The second-order valence-corrected chi connectivity index (χ2v) is 5.48. The number of fused-ring (bicyclic) bond motifs is 1. The van der Waals surface area contributed by atoms with E-state index in [2.05, 4.69) is 15.2 Å². The molecule has 1 aromatic carbocycles. The molecule has 3 heterocycles. The van der Waals surface area contributed by atoms with E-state index in [9.17, 15) is 9.50 Å². The van der Waals surface area contributed by atoms with Crippen molar-refractivity contribution in [1.29, 1.82) is 0 Å². The first-order chi connectivity index (χ1) is 11.7. The van der Waals surface area contributed by atoms with Gasteiger partial charge in [-0.05, 0) is 30.3 Å². The molecule has 7 heteroatoms. The van der Waals surface area contributed by atoms with Gasteiger partial charge in [0, 0.05) is 36.1 Å². The summed E-state index contributed by atoms with van der Waals surface area (Å²) in [5.74, 6) is -0.289. The molecule has 0 saturated carbocycles. The molecular formula is C17H14FN5O. The van der Waals surface area contributed by atoms with Crippen molar-refractivity contribution in [3.63, 3.8) is 0 Å². The van der Waals surface area contributed by atoms with Crippen molar-refractivity contribution in [1.82, 2.24) is 24.4 Å². The van der Waals surface area contributed by atoms with Gasteiger partial charge in [-0.15, -0.1) is 0 Å². The first-order valence-electron chi connectivity index (χ1n) is 7.40. The zero-order valence-corrected chi connectivity index (χ0v) is 12.9. The van der Waals surface area contributed by atoms with Crippen molar-refractivity contribution in [2.24, 2.45) is 7.05 Å². The Bertz CT molecular complexity index is 1020. The van der Waals surface area contributed by atoms with Gasteiger partial charge < -0.3 is 5.11 Å². The predicted octanol–water partition coefficient (Wildman–Crippen LogP) is 2.43. The van der Waals surface area contributed by atoms with Crippen LogP contribution < -0.4 is 0 Å². The molecule has 0 aliphatic rings. The van der Waals surface area contributed by atoms with Crippen LogP contribution in [0.25, 0.3) is 28.0 Å². The highest BCUT2D eigenvalue weighted by atomic mass is 19.1. The molecule has 3 aromatic heterocycles. The van der Waals surface area contributed by atoms with Crippen molar-refractivity contribution < 1.29 is 9.50 Å². The van der Waals surface area contributed by atoms with Crippen LogP contribution in [0.15, 0.2) is 48.9 Å². The Kier molecular flexibility index (Phi) is 3.35. The molecule has 0 aliphatic heterocycles. The Balaban J connectivity index is 1.94. The Morgan fingerprint density at radius 3 is 2.62 bits per heavy atom. The summed E-state index contributed by atoms with van der Waals surface area (Å²) >= 11 is 0. The molecule has 0 amide bonds. The molecule has 1 N–H and O–H groups in total. The van der Waals surface area contributed by atoms with Crippen LogP contribution in [0.4, 0.5) is 4.39 Å². The highest BCUT2D eigenvalue weighted by Gasteiger charge is 2.16. The molecule has 0 radical (unpaired) electrons. The van der Waals surface area contributed by atoms with Crippen LogP contribution in [0, 0.1) is 5.82 Å². The smallest absolute Gasteiger partial charge is 0.161 e. The van der Waals surface area contributed by atoms with Gasteiger partial charge in [0.2, 0.25) is 0 Å². The second kappa shape index (κ2) is 5.54. The zero-order chi connectivity index (χ0) is 16.7. The number of hydrogen-bond acceptors (Lipinski definition) is 4. The van der Waals surface area contributed by atoms with Crippen LogP contribution in [-0.2, 0) is 13.7 Å². The molecule has 0 aliphatic carbocycles. The number of nitrogens with zero attached hydrogens (tertiary/aromatic N) is 5. The van der Waals surface area contributed by atoms with E-state index in [1.54, 1.807) is 33.7 Å². The fourth-order valence-electron chi connectivity index (χ4n) is 2.74. The number of halogens is 1. The lowest BCUT2D eigenvalue weighted by Crippen LogP contribution is -1.92. The van der Waals surface area contributed by atoms with Gasteiger partial charge in [0.25, 0.3) is 0 Å². The average Bonchev–Trinajstić information content (AvgIpc) is 3.18. The molecule has 24 heavy (non-hydrogen) atoms. The summed E-state index contributed by atoms with van der Waals surface area (Å²) in [6.07, 6.45) is 5.25. The van der Waals surface area contributed by atoms with E-state index in [-0.39, 0.29) is 12.4 Å². The topological polar surface area (TPSA) is 68.2 Å². The maximum Gasteiger partial charge on any atom is 0.161 e. The van der Waals surface area contributed by atoms with E-state index >= 15 is 0 Å². The van der Waals surface area contributed by atoms with E-state index in [1.165, 1.54) is 12.1 Å². The number of aromatic nitrogens is 5. The number of rotatable bonds is 3. The minimum absolute atomic E-state index is 0.152. The van der Waals surface area contributed by atoms with E-state index in [0.717, 1.165) is 22.4 Å². The number of aliphatic hydroxyl groups excluding tert-OH is 1. The molecule has 0 spiro atoms. The molecule has 120 valence electrons. The fraction of sp³-hybridized carbons (Fsp3) is 0.118. The molecule has 6 nitrogen and oxygen atoms in total. The predicted molar refractivity (Wildman–Crippen MR) is 86.5 cm³/mol. The second-order valence-electron chi connectivity index (χ2n) is 5.48. The zero-order valence-electron chi connectivity index (χ0n) is 12.9. The monoisotopic (exact) mass is 323 g/mol. The summed E-state index contributed by atoms with van der Waals surface area (Å²) in [5, 5.41) is 18.0. The highest BCUT2D eigenvalue weighted by Crippen LogP contribution is 2.32. The number of hydrogen-bond donors (Lipinski definition) is 1. The number of aryl methyl sites for hydroxylation is 1. The summed E-state index contributed by atoms with van der Waals surface area (Å²) in [5.41, 5.74) is 4.44. The van der Waals surface area contributed by atoms with Crippen LogP contribution >= 0.6 is 0 Å². The van der Waals surface area contributed by atoms with Crippen molar-refractivity contribution in [3.8, 4) is 22.4 Å². The largest absolute Gasteiger partial charge is 0.390 e. The van der Waals surface area contributed by atoms with Crippen molar-refractivity contribution >= 4 is 5.65 Å². The quantitative estimate of drug-likeness (QED) is 0.629. The highest BCUT2D eigenvalue weighted by molar-refractivity contribution is 5.87. The van der Waals surface area contributed by atoms with Crippen molar-refractivity contribution in [3.05, 3.63) is 60.4 Å². The average molecular weight is 323 g/mol. The molecule has 0 fully saturated rings. The van der Waals surface area contributed by atoms with Gasteiger partial charge in [0.15, 0.2) is 5.65 Å². The normalized spacial score (nSPS) is 11.3.